The number of rotatable bonds is 6. The Bertz CT molecular complexity index is 1440. The Morgan fingerprint density at radius 3 is 2.51 bits per heavy atom. The number of hydrogen-bond acceptors (Lipinski definition) is 5. The lowest BCUT2D eigenvalue weighted by atomic mass is 10.0. The van der Waals surface area contributed by atoms with Gasteiger partial charge in [-0.2, -0.15) is 0 Å². The molecule has 7 nitrogen and oxygen atoms in total. The monoisotopic (exact) mass is 494 g/mol. The van der Waals surface area contributed by atoms with Crippen molar-refractivity contribution in [1.82, 2.24) is 14.8 Å². The van der Waals surface area contributed by atoms with Gasteiger partial charge in [-0.25, -0.2) is 4.98 Å². The molecule has 3 heterocycles. The summed E-state index contributed by atoms with van der Waals surface area (Å²) in [6, 6.07) is 16.6. The Labute approximate surface area is 216 Å². The predicted molar refractivity (Wildman–Crippen MR) is 141 cm³/mol. The molecule has 188 valence electrons. The quantitative estimate of drug-likeness (QED) is 0.512. The number of benzene rings is 2. The van der Waals surface area contributed by atoms with Crippen LogP contribution in [0.15, 0.2) is 59.7 Å². The maximum atomic E-state index is 13.4. The molecule has 1 unspecified atom stereocenters. The van der Waals surface area contributed by atoms with E-state index in [2.05, 4.69) is 41.4 Å². The van der Waals surface area contributed by atoms with Crippen molar-refractivity contribution in [3.8, 4) is 17.0 Å². The summed E-state index contributed by atoms with van der Waals surface area (Å²) in [5.41, 5.74) is 2.64. The summed E-state index contributed by atoms with van der Waals surface area (Å²) in [5.74, 6) is 2.40. The molecule has 2 saturated carbocycles. The van der Waals surface area contributed by atoms with E-state index < -0.39 is 5.54 Å². The maximum Gasteiger partial charge on any atom is 0.256 e. The number of aromatic nitrogens is 1. The van der Waals surface area contributed by atoms with Crippen LogP contribution in [0.2, 0.25) is 0 Å². The van der Waals surface area contributed by atoms with E-state index in [1.807, 2.05) is 21.9 Å². The van der Waals surface area contributed by atoms with E-state index in [-0.39, 0.29) is 11.8 Å². The zero-order valence-corrected chi connectivity index (χ0v) is 21.0. The molecule has 0 bridgehead atoms. The number of amidine groups is 1. The molecule has 7 rings (SSSR count). The molecule has 3 fully saturated rings. The molecule has 1 saturated heterocycles. The van der Waals surface area contributed by atoms with Gasteiger partial charge < -0.3 is 9.64 Å². The smallest absolute Gasteiger partial charge is 0.256 e. The van der Waals surface area contributed by atoms with Gasteiger partial charge in [0.15, 0.2) is 0 Å². The molecular formula is C30H30N4O3. The van der Waals surface area contributed by atoms with Crippen molar-refractivity contribution < 1.29 is 14.3 Å². The van der Waals surface area contributed by atoms with Gasteiger partial charge in [-0.1, -0.05) is 30.3 Å². The Morgan fingerprint density at radius 2 is 1.78 bits per heavy atom. The third-order valence-corrected chi connectivity index (χ3v) is 8.30. The summed E-state index contributed by atoms with van der Waals surface area (Å²) >= 11 is 0. The molecule has 2 aliphatic carbocycles. The molecule has 2 aromatic carbocycles. The highest BCUT2D eigenvalue weighted by Gasteiger charge is 2.57. The fourth-order valence-corrected chi connectivity index (χ4v) is 5.82. The van der Waals surface area contributed by atoms with E-state index in [0.717, 1.165) is 78.5 Å². The third kappa shape index (κ3) is 3.88. The molecular weight excluding hydrogens is 464 g/mol. The van der Waals surface area contributed by atoms with E-state index in [0.29, 0.717) is 24.2 Å². The predicted octanol–water partition coefficient (Wildman–Crippen LogP) is 4.29. The second-order valence-corrected chi connectivity index (χ2v) is 10.9. The first-order chi connectivity index (χ1) is 18.0. The Hall–Kier alpha value is -3.74. The second kappa shape index (κ2) is 8.40. The van der Waals surface area contributed by atoms with Crippen LogP contribution >= 0.6 is 0 Å². The minimum absolute atomic E-state index is 0.135. The number of pyridine rings is 1. The third-order valence-electron chi connectivity index (χ3n) is 8.30. The van der Waals surface area contributed by atoms with E-state index in [4.69, 9.17) is 9.73 Å². The minimum Gasteiger partial charge on any atom is -0.481 e. The highest BCUT2D eigenvalue weighted by Crippen LogP contribution is 2.46. The minimum atomic E-state index is -0.540. The average Bonchev–Trinajstić information content (AvgIpc) is 3.86. The van der Waals surface area contributed by atoms with Crippen molar-refractivity contribution in [3.05, 3.63) is 60.3 Å². The van der Waals surface area contributed by atoms with Gasteiger partial charge in [-0.05, 0) is 72.7 Å². The first-order valence-corrected chi connectivity index (χ1v) is 13.3. The van der Waals surface area contributed by atoms with Gasteiger partial charge in [-0.3, -0.25) is 19.5 Å². The number of likely N-dealkylation sites (tertiary alicyclic amines) is 1. The van der Waals surface area contributed by atoms with Gasteiger partial charge >= 0.3 is 0 Å². The number of ether oxygens (including phenoxy) is 1. The van der Waals surface area contributed by atoms with Crippen molar-refractivity contribution >= 4 is 28.4 Å². The number of carbonyl (C=O) groups is 2. The largest absolute Gasteiger partial charge is 0.481 e. The molecule has 3 aromatic rings. The molecule has 4 aliphatic rings. The number of methoxy groups -OCH3 is 1. The molecule has 37 heavy (non-hydrogen) atoms. The molecule has 2 amide bonds. The van der Waals surface area contributed by atoms with Gasteiger partial charge in [-0.15, -0.1) is 0 Å². The zero-order valence-electron chi connectivity index (χ0n) is 21.0. The van der Waals surface area contributed by atoms with Crippen LogP contribution in [0.25, 0.3) is 21.9 Å². The number of hydrogen-bond donors (Lipinski definition) is 0. The van der Waals surface area contributed by atoms with Crippen molar-refractivity contribution in [3.63, 3.8) is 0 Å². The van der Waals surface area contributed by atoms with Gasteiger partial charge in [0.05, 0.1) is 7.11 Å². The molecule has 1 spiro atoms. The van der Waals surface area contributed by atoms with Gasteiger partial charge in [0.1, 0.15) is 11.4 Å². The number of fused-ring (bicyclic) bond motifs is 1. The first-order valence-electron chi connectivity index (χ1n) is 13.3. The molecule has 1 atom stereocenters. The van der Waals surface area contributed by atoms with Crippen LogP contribution in [0.4, 0.5) is 0 Å². The summed E-state index contributed by atoms with van der Waals surface area (Å²) in [7, 11) is 1.64. The highest BCUT2D eigenvalue weighted by atomic mass is 16.5. The van der Waals surface area contributed by atoms with E-state index >= 15 is 0 Å². The number of nitrogens with zero attached hydrogens (tertiary/aromatic N) is 4. The van der Waals surface area contributed by atoms with E-state index in [1.165, 1.54) is 0 Å². The maximum absolute atomic E-state index is 13.4. The van der Waals surface area contributed by atoms with Crippen molar-refractivity contribution in [2.45, 2.75) is 37.6 Å². The molecule has 0 radical (unpaired) electrons. The summed E-state index contributed by atoms with van der Waals surface area (Å²) in [4.78, 5) is 39.1. The lowest BCUT2D eigenvalue weighted by molar-refractivity contribution is -0.131. The lowest BCUT2D eigenvalue weighted by Gasteiger charge is -2.23. The van der Waals surface area contributed by atoms with Gasteiger partial charge in [0.25, 0.3) is 5.91 Å². The van der Waals surface area contributed by atoms with E-state index in [9.17, 15) is 9.59 Å². The van der Waals surface area contributed by atoms with Crippen LogP contribution in [-0.4, -0.2) is 64.7 Å². The van der Waals surface area contributed by atoms with E-state index in [1.54, 1.807) is 13.3 Å². The van der Waals surface area contributed by atoms with Crippen LogP contribution in [0, 0.1) is 11.8 Å². The van der Waals surface area contributed by atoms with Crippen LogP contribution in [0.1, 0.15) is 37.7 Å². The first kappa shape index (κ1) is 22.5. The highest BCUT2D eigenvalue weighted by molar-refractivity contribution is 6.16. The van der Waals surface area contributed by atoms with Gasteiger partial charge in [0.2, 0.25) is 11.8 Å². The molecule has 2 aliphatic heterocycles. The van der Waals surface area contributed by atoms with Crippen LogP contribution in [-0.2, 0) is 9.59 Å². The Morgan fingerprint density at radius 1 is 1.03 bits per heavy atom. The van der Waals surface area contributed by atoms with Gasteiger partial charge in [0, 0.05) is 42.7 Å². The summed E-state index contributed by atoms with van der Waals surface area (Å²) in [6.07, 6.45) is 6.43. The number of carbonyl (C=O) groups excluding carboxylic acids is 2. The van der Waals surface area contributed by atoms with Crippen LogP contribution in [0.3, 0.4) is 0 Å². The standard InChI is InChI=1S/C30H30N4O3/c1-37-27-25-9-8-23(16-24(25)10-14-31-27)20-2-4-21(5-3-20)26-32-30(12-13-30)29(36)34(26)18-19-11-15-33(17-19)28(35)22-6-7-22/h2-5,8-10,14,16,19,22H,6-7,11-13,15,17-18H2,1H3. The summed E-state index contributed by atoms with van der Waals surface area (Å²) < 4.78 is 5.39. The zero-order chi connectivity index (χ0) is 25.1. The number of aliphatic imine (C=N–C) groups is 1. The van der Waals surface area contributed by atoms with Crippen molar-refractivity contribution in [1.29, 1.82) is 0 Å². The topological polar surface area (TPSA) is 75.1 Å². The fraction of sp³-hybridized carbons (Fsp3) is 0.400. The molecule has 0 N–H and O–H groups in total. The second-order valence-electron chi connectivity index (χ2n) is 10.9. The summed E-state index contributed by atoms with van der Waals surface area (Å²) in [5, 5.41) is 2.06. The van der Waals surface area contributed by atoms with Crippen molar-refractivity contribution in [2.24, 2.45) is 16.8 Å². The summed E-state index contributed by atoms with van der Waals surface area (Å²) in [6.45, 7) is 2.19. The molecule has 7 heteroatoms. The molecule has 1 aromatic heterocycles. The Balaban J connectivity index is 1.12. The average molecular weight is 495 g/mol. The Kier molecular flexibility index (Phi) is 5.10. The van der Waals surface area contributed by atoms with Crippen LogP contribution in [0.5, 0.6) is 5.88 Å². The normalized spacial score (nSPS) is 22.1. The lowest BCUT2D eigenvalue weighted by Crippen LogP contribution is -2.40. The number of amides is 2. The fourth-order valence-electron chi connectivity index (χ4n) is 5.82. The SMILES string of the molecule is COc1nccc2cc(-c3ccc(C4=NC5(CC5)C(=O)N4CC4CCN(C(=O)C5CC5)C4)cc3)ccc12. The van der Waals surface area contributed by atoms with Crippen molar-refractivity contribution in [2.75, 3.05) is 26.7 Å². The van der Waals surface area contributed by atoms with Crippen LogP contribution < -0.4 is 4.74 Å².